The minimum Gasteiger partial charge on any atom is -0.299 e. The Hall–Kier alpha value is -0.630. The first kappa shape index (κ1) is 13.1. The predicted octanol–water partition coefficient (Wildman–Crippen LogP) is 4.78. The zero-order chi connectivity index (χ0) is 13.7. The van der Waals surface area contributed by atoms with E-state index < -0.39 is 0 Å². The van der Waals surface area contributed by atoms with Crippen LogP contribution in [0.1, 0.15) is 44.1 Å². The Kier molecular flexibility index (Phi) is 3.06. The van der Waals surface area contributed by atoms with Gasteiger partial charge in [0.2, 0.25) is 0 Å². The summed E-state index contributed by atoms with van der Waals surface area (Å²) in [5, 5.41) is 0. The van der Waals surface area contributed by atoms with E-state index in [1.807, 2.05) is 12.1 Å². The van der Waals surface area contributed by atoms with Crippen LogP contribution in [-0.2, 0) is 11.2 Å². The van der Waals surface area contributed by atoms with E-state index in [-0.39, 0.29) is 5.41 Å². The Balaban J connectivity index is 1.56. The molecule has 4 fully saturated rings. The van der Waals surface area contributed by atoms with Crippen molar-refractivity contribution in [3.63, 3.8) is 0 Å². The van der Waals surface area contributed by atoms with Crippen molar-refractivity contribution < 1.29 is 4.79 Å². The number of hydrogen-bond donors (Lipinski definition) is 0. The Morgan fingerprint density at radius 2 is 1.70 bits per heavy atom. The lowest BCUT2D eigenvalue weighted by atomic mass is 9.48. The number of halogens is 1. The maximum absolute atomic E-state index is 13.0. The maximum atomic E-state index is 13.0. The van der Waals surface area contributed by atoms with Gasteiger partial charge in [-0.25, -0.2) is 0 Å². The Labute approximate surface area is 129 Å². The first-order chi connectivity index (χ1) is 9.63. The summed E-state index contributed by atoms with van der Waals surface area (Å²) >= 11 is 3.50. The van der Waals surface area contributed by atoms with Crippen molar-refractivity contribution in [3.05, 3.63) is 34.3 Å². The molecule has 1 aromatic carbocycles. The molecule has 0 spiro atoms. The highest BCUT2D eigenvalue weighted by molar-refractivity contribution is 9.10. The topological polar surface area (TPSA) is 17.1 Å². The molecular formula is C18H21BrO. The van der Waals surface area contributed by atoms with Gasteiger partial charge in [-0.2, -0.15) is 0 Å². The minimum absolute atomic E-state index is 0.0526. The lowest BCUT2D eigenvalue weighted by molar-refractivity contribution is -0.143. The molecule has 0 aromatic heterocycles. The summed E-state index contributed by atoms with van der Waals surface area (Å²) < 4.78 is 1.08. The van der Waals surface area contributed by atoms with Crippen LogP contribution >= 0.6 is 15.9 Å². The molecule has 0 N–H and O–H groups in total. The van der Waals surface area contributed by atoms with Crippen molar-refractivity contribution in [2.75, 3.05) is 0 Å². The van der Waals surface area contributed by atoms with E-state index >= 15 is 0 Å². The third-order valence-corrected chi connectivity index (χ3v) is 6.38. The molecule has 2 heteroatoms. The van der Waals surface area contributed by atoms with Gasteiger partial charge in [0, 0.05) is 16.3 Å². The maximum Gasteiger partial charge on any atom is 0.143 e. The summed E-state index contributed by atoms with van der Waals surface area (Å²) in [6.07, 6.45) is 8.41. The molecule has 106 valence electrons. The molecule has 1 aromatic rings. The van der Waals surface area contributed by atoms with Gasteiger partial charge in [-0.15, -0.1) is 0 Å². The molecule has 4 saturated carbocycles. The number of rotatable bonds is 3. The third kappa shape index (κ3) is 2.16. The lowest BCUT2D eigenvalue weighted by Crippen LogP contribution is -2.50. The highest BCUT2D eigenvalue weighted by Gasteiger charge is 2.53. The van der Waals surface area contributed by atoms with Crippen LogP contribution in [0, 0.1) is 23.2 Å². The monoisotopic (exact) mass is 332 g/mol. The zero-order valence-corrected chi connectivity index (χ0v) is 13.4. The summed E-state index contributed by atoms with van der Waals surface area (Å²) in [6, 6.07) is 8.24. The number of hydrogen-bond acceptors (Lipinski definition) is 1. The second-order valence-electron chi connectivity index (χ2n) is 7.43. The molecule has 0 amide bonds. The van der Waals surface area contributed by atoms with Crippen molar-refractivity contribution in [1.82, 2.24) is 0 Å². The second-order valence-corrected chi connectivity index (χ2v) is 8.34. The highest BCUT2D eigenvalue weighted by atomic mass is 79.9. The second kappa shape index (κ2) is 4.69. The smallest absolute Gasteiger partial charge is 0.143 e. The van der Waals surface area contributed by atoms with E-state index in [0.717, 1.165) is 22.2 Å². The first-order valence-electron chi connectivity index (χ1n) is 7.91. The average Bonchev–Trinajstić information content (AvgIpc) is 2.37. The van der Waals surface area contributed by atoms with Crippen molar-refractivity contribution >= 4 is 21.7 Å². The van der Waals surface area contributed by atoms with Crippen LogP contribution < -0.4 is 0 Å². The van der Waals surface area contributed by atoms with Crippen molar-refractivity contribution in [2.45, 2.75) is 44.9 Å². The van der Waals surface area contributed by atoms with Crippen LogP contribution in [0.5, 0.6) is 0 Å². The van der Waals surface area contributed by atoms with E-state index in [4.69, 9.17) is 0 Å². The summed E-state index contributed by atoms with van der Waals surface area (Å²) in [6.45, 7) is 0. The van der Waals surface area contributed by atoms with Crippen LogP contribution in [0.15, 0.2) is 28.7 Å². The van der Waals surface area contributed by atoms with Gasteiger partial charge in [0.15, 0.2) is 0 Å². The fourth-order valence-electron chi connectivity index (χ4n) is 5.47. The molecule has 0 radical (unpaired) electrons. The van der Waals surface area contributed by atoms with Crippen LogP contribution in [0.4, 0.5) is 0 Å². The predicted molar refractivity (Wildman–Crippen MR) is 83.5 cm³/mol. The van der Waals surface area contributed by atoms with Crippen LogP contribution in [0.2, 0.25) is 0 Å². The number of benzene rings is 1. The minimum atomic E-state index is 0.0526. The molecule has 0 heterocycles. The SMILES string of the molecule is O=C(Cc1cccc(Br)c1)C12CC3CC(CC(C3)C1)C2. The highest BCUT2D eigenvalue weighted by Crippen LogP contribution is 2.60. The van der Waals surface area contributed by atoms with E-state index in [1.165, 1.54) is 44.1 Å². The van der Waals surface area contributed by atoms with Gasteiger partial charge >= 0.3 is 0 Å². The van der Waals surface area contributed by atoms with Gasteiger partial charge in [0.25, 0.3) is 0 Å². The molecule has 5 rings (SSSR count). The summed E-state index contributed by atoms with van der Waals surface area (Å²) in [7, 11) is 0. The fourth-order valence-corrected chi connectivity index (χ4v) is 5.92. The van der Waals surface area contributed by atoms with Crippen molar-refractivity contribution in [2.24, 2.45) is 23.2 Å². The van der Waals surface area contributed by atoms with Gasteiger partial charge in [-0.05, 0) is 74.0 Å². The van der Waals surface area contributed by atoms with Gasteiger partial charge in [-0.3, -0.25) is 4.79 Å². The summed E-state index contributed by atoms with van der Waals surface area (Å²) in [4.78, 5) is 13.0. The molecule has 0 atom stereocenters. The van der Waals surface area contributed by atoms with E-state index in [0.29, 0.717) is 12.2 Å². The largest absolute Gasteiger partial charge is 0.299 e. The van der Waals surface area contributed by atoms with Gasteiger partial charge in [0.05, 0.1) is 0 Å². The van der Waals surface area contributed by atoms with E-state index in [9.17, 15) is 4.79 Å². The Morgan fingerprint density at radius 1 is 1.10 bits per heavy atom. The molecular weight excluding hydrogens is 312 g/mol. The van der Waals surface area contributed by atoms with Crippen LogP contribution in [-0.4, -0.2) is 5.78 Å². The van der Waals surface area contributed by atoms with Crippen molar-refractivity contribution in [1.29, 1.82) is 0 Å². The average molecular weight is 333 g/mol. The molecule has 4 aliphatic carbocycles. The summed E-state index contributed by atoms with van der Waals surface area (Å²) in [5.41, 5.74) is 1.22. The van der Waals surface area contributed by atoms with Crippen molar-refractivity contribution in [3.8, 4) is 0 Å². The number of ketones is 1. The Morgan fingerprint density at radius 3 is 2.25 bits per heavy atom. The standard InChI is InChI=1S/C18H21BrO/c19-16-3-1-2-12(7-16)8-17(20)18-9-13-4-14(10-18)6-15(5-13)11-18/h1-3,7,13-15H,4-6,8-11H2. The quantitative estimate of drug-likeness (QED) is 0.778. The fraction of sp³-hybridized carbons (Fsp3) is 0.611. The molecule has 0 saturated heterocycles. The molecule has 20 heavy (non-hydrogen) atoms. The Bertz CT molecular complexity index is 513. The first-order valence-corrected chi connectivity index (χ1v) is 8.70. The van der Waals surface area contributed by atoms with Gasteiger partial charge < -0.3 is 0 Å². The summed E-state index contributed by atoms with van der Waals surface area (Å²) in [5.74, 6) is 3.09. The lowest BCUT2D eigenvalue weighted by Gasteiger charge is -2.56. The molecule has 4 bridgehead atoms. The molecule has 0 aliphatic heterocycles. The number of carbonyl (C=O) groups is 1. The van der Waals surface area contributed by atoms with Crippen LogP contribution in [0.25, 0.3) is 0 Å². The van der Waals surface area contributed by atoms with Gasteiger partial charge in [0.1, 0.15) is 5.78 Å². The third-order valence-electron chi connectivity index (χ3n) is 5.88. The molecule has 0 unspecified atom stereocenters. The van der Waals surface area contributed by atoms with Crippen LogP contribution in [0.3, 0.4) is 0 Å². The number of carbonyl (C=O) groups excluding carboxylic acids is 1. The number of Topliss-reactive ketones (excluding diaryl/α,β-unsaturated/α-hetero) is 1. The van der Waals surface area contributed by atoms with E-state index in [1.54, 1.807) is 0 Å². The van der Waals surface area contributed by atoms with E-state index in [2.05, 4.69) is 28.1 Å². The molecule has 4 aliphatic rings. The normalized spacial score (nSPS) is 38.1. The molecule has 1 nitrogen and oxygen atoms in total. The van der Waals surface area contributed by atoms with Gasteiger partial charge in [-0.1, -0.05) is 28.1 Å². The zero-order valence-electron chi connectivity index (χ0n) is 11.8.